The van der Waals surface area contributed by atoms with Gasteiger partial charge in [-0.25, -0.2) is 0 Å². The molecule has 0 aliphatic carbocycles. The van der Waals surface area contributed by atoms with E-state index in [1.807, 2.05) is 23.1 Å². The first-order valence-electron chi connectivity index (χ1n) is 6.79. The number of benzene rings is 1. The Bertz CT molecular complexity index is 575. The summed E-state index contributed by atoms with van der Waals surface area (Å²) in [5.74, 6) is 0.837. The second kappa shape index (κ2) is 6.69. The van der Waals surface area contributed by atoms with Crippen molar-refractivity contribution in [3.05, 3.63) is 34.4 Å². The van der Waals surface area contributed by atoms with E-state index in [0.717, 1.165) is 30.9 Å². The smallest absolute Gasteiger partial charge is 0.253 e. The zero-order valence-electron chi connectivity index (χ0n) is 11.8. The molecule has 2 aliphatic rings. The first-order valence-corrected chi connectivity index (χ1v) is 7.17. The van der Waals surface area contributed by atoms with Crippen molar-refractivity contribution in [3.8, 4) is 5.75 Å². The molecule has 1 saturated heterocycles. The van der Waals surface area contributed by atoms with Crippen molar-refractivity contribution in [3.63, 3.8) is 0 Å². The summed E-state index contributed by atoms with van der Waals surface area (Å²) in [6, 6.07) is 5.78. The molecule has 0 radical (unpaired) electrons. The minimum Gasteiger partial charge on any atom is -0.488 e. The molecule has 0 saturated carbocycles. The monoisotopic (exact) mass is 328 g/mol. The molecule has 0 spiro atoms. The van der Waals surface area contributed by atoms with E-state index in [0.29, 0.717) is 23.2 Å². The summed E-state index contributed by atoms with van der Waals surface area (Å²) in [7, 11) is 0. The van der Waals surface area contributed by atoms with Crippen molar-refractivity contribution in [2.24, 2.45) is 0 Å². The number of hydrogen-bond donors (Lipinski definition) is 1. The van der Waals surface area contributed by atoms with Gasteiger partial charge in [0.2, 0.25) is 0 Å². The lowest BCUT2D eigenvalue weighted by Crippen LogP contribution is -2.52. The second-order valence-electron chi connectivity index (χ2n) is 5.25. The van der Waals surface area contributed by atoms with Crippen LogP contribution in [0.25, 0.3) is 6.08 Å². The summed E-state index contributed by atoms with van der Waals surface area (Å²) in [5, 5.41) is 3.98. The SMILES string of the molecule is CC1CN(C(=O)C2=Cc3cc(Cl)ccc3OC2)CCN1.Cl. The molecule has 3 rings (SSSR count). The van der Waals surface area contributed by atoms with E-state index in [2.05, 4.69) is 12.2 Å². The predicted octanol–water partition coefficient (Wildman–Crippen LogP) is 2.36. The molecular formula is C15H18Cl2N2O2. The third kappa shape index (κ3) is 3.51. The van der Waals surface area contributed by atoms with E-state index in [9.17, 15) is 4.79 Å². The molecule has 1 aromatic carbocycles. The van der Waals surface area contributed by atoms with E-state index in [4.69, 9.17) is 16.3 Å². The Balaban J connectivity index is 0.00000161. The third-order valence-corrected chi connectivity index (χ3v) is 3.85. The molecular weight excluding hydrogens is 311 g/mol. The van der Waals surface area contributed by atoms with Crippen LogP contribution in [0.4, 0.5) is 0 Å². The number of rotatable bonds is 1. The van der Waals surface area contributed by atoms with Gasteiger partial charge in [-0.3, -0.25) is 4.79 Å². The molecule has 2 heterocycles. The van der Waals surface area contributed by atoms with Crippen molar-refractivity contribution in [1.82, 2.24) is 10.2 Å². The first-order chi connectivity index (χ1) is 9.63. The van der Waals surface area contributed by atoms with Gasteiger partial charge in [0.15, 0.2) is 0 Å². The molecule has 1 amide bonds. The number of fused-ring (bicyclic) bond motifs is 1. The molecule has 4 nitrogen and oxygen atoms in total. The summed E-state index contributed by atoms with van der Waals surface area (Å²) < 4.78 is 5.64. The standard InChI is InChI=1S/C15H17ClN2O2.ClH/c1-10-8-18(5-4-17-10)15(19)12-6-11-7-13(16)2-3-14(11)20-9-12;/h2-3,6-7,10,17H,4-5,8-9H2,1H3;1H. The maximum atomic E-state index is 12.5. The van der Waals surface area contributed by atoms with Crippen molar-refractivity contribution < 1.29 is 9.53 Å². The van der Waals surface area contributed by atoms with Crippen LogP contribution in [0.5, 0.6) is 5.75 Å². The molecule has 0 aromatic heterocycles. The largest absolute Gasteiger partial charge is 0.488 e. The van der Waals surface area contributed by atoms with Gasteiger partial charge in [0.25, 0.3) is 5.91 Å². The maximum absolute atomic E-state index is 12.5. The summed E-state index contributed by atoms with van der Waals surface area (Å²) >= 11 is 5.98. The minimum absolute atomic E-state index is 0. The van der Waals surface area contributed by atoms with Crippen LogP contribution in [0.1, 0.15) is 12.5 Å². The van der Waals surface area contributed by atoms with Gasteiger partial charge in [0.05, 0.1) is 5.57 Å². The average molecular weight is 329 g/mol. The van der Waals surface area contributed by atoms with Crippen LogP contribution in [0.15, 0.2) is 23.8 Å². The molecule has 1 N–H and O–H groups in total. The molecule has 1 atom stereocenters. The lowest BCUT2D eigenvalue weighted by molar-refractivity contribution is -0.128. The van der Waals surface area contributed by atoms with Gasteiger partial charge in [0, 0.05) is 36.3 Å². The minimum atomic E-state index is 0. The number of piperazine rings is 1. The Morgan fingerprint density at radius 1 is 1.48 bits per heavy atom. The normalized spacial score (nSPS) is 20.8. The lowest BCUT2D eigenvalue weighted by atomic mass is 10.1. The highest BCUT2D eigenvalue weighted by atomic mass is 35.5. The Labute approximate surface area is 135 Å². The van der Waals surface area contributed by atoms with Crippen molar-refractivity contribution >= 4 is 36.0 Å². The molecule has 0 bridgehead atoms. The van der Waals surface area contributed by atoms with Crippen molar-refractivity contribution in [2.75, 3.05) is 26.2 Å². The van der Waals surface area contributed by atoms with Gasteiger partial charge in [-0.1, -0.05) is 11.6 Å². The quantitative estimate of drug-likeness (QED) is 0.860. The van der Waals surface area contributed by atoms with Crippen LogP contribution in [0.2, 0.25) is 5.02 Å². The van der Waals surface area contributed by atoms with E-state index in [1.54, 1.807) is 6.07 Å². The zero-order chi connectivity index (χ0) is 14.1. The molecule has 1 unspecified atom stereocenters. The molecule has 1 fully saturated rings. The topological polar surface area (TPSA) is 41.6 Å². The first kappa shape index (κ1) is 16.1. The Hall–Kier alpha value is -1.23. The highest BCUT2D eigenvalue weighted by Crippen LogP contribution is 2.29. The lowest BCUT2D eigenvalue weighted by Gasteiger charge is -2.33. The fraction of sp³-hybridized carbons (Fsp3) is 0.400. The molecule has 6 heteroatoms. The highest BCUT2D eigenvalue weighted by molar-refractivity contribution is 6.30. The molecule has 114 valence electrons. The number of amides is 1. The number of carbonyl (C=O) groups excluding carboxylic acids is 1. The number of halogens is 2. The number of nitrogens with zero attached hydrogens (tertiary/aromatic N) is 1. The van der Waals surface area contributed by atoms with Crippen LogP contribution in [0.3, 0.4) is 0 Å². The van der Waals surface area contributed by atoms with Crippen LogP contribution in [-0.2, 0) is 4.79 Å². The third-order valence-electron chi connectivity index (χ3n) is 3.62. The van der Waals surface area contributed by atoms with Crippen LogP contribution < -0.4 is 10.1 Å². The van der Waals surface area contributed by atoms with E-state index in [1.165, 1.54) is 0 Å². The molecule has 1 aromatic rings. The summed E-state index contributed by atoms with van der Waals surface area (Å²) in [4.78, 5) is 14.4. The second-order valence-corrected chi connectivity index (χ2v) is 5.68. The number of ether oxygens (including phenoxy) is 1. The predicted molar refractivity (Wildman–Crippen MR) is 86.2 cm³/mol. The van der Waals surface area contributed by atoms with Gasteiger partial charge in [-0.2, -0.15) is 0 Å². The number of carbonyl (C=O) groups is 1. The van der Waals surface area contributed by atoms with E-state index >= 15 is 0 Å². The molecule has 2 aliphatic heterocycles. The highest BCUT2D eigenvalue weighted by Gasteiger charge is 2.25. The van der Waals surface area contributed by atoms with Crippen LogP contribution in [0, 0.1) is 0 Å². The fourth-order valence-electron chi connectivity index (χ4n) is 2.59. The average Bonchev–Trinajstić information content (AvgIpc) is 2.45. The van der Waals surface area contributed by atoms with Gasteiger partial charge in [-0.15, -0.1) is 12.4 Å². The van der Waals surface area contributed by atoms with Crippen LogP contribution in [-0.4, -0.2) is 43.1 Å². The van der Waals surface area contributed by atoms with Gasteiger partial charge in [0.1, 0.15) is 12.4 Å². The van der Waals surface area contributed by atoms with Crippen molar-refractivity contribution in [1.29, 1.82) is 0 Å². The summed E-state index contributed by atoms with van der Waals surface area (Å²) in [5.41, 5.74) is 1.56. The Morgan fingerprint density at radius 2 is 2.29 bits per heavy atom. The summed E-state index contributed by atoms with van der Waals surface area (Å²) in [6.45, 7) is 4.72. The maximum Gasteiger partial charge on any atom is 0.253 e. The van der Waals surface area contributed by atoms with Crippen molar-refractivity contribution in [2.45, 2.75) is 13.0 Å². The van der Waals surface area contributed by atoms with Gasteiger partial charge < -0.3 is 15.0 Å². The molecule has 21 heavy (non-hydrogen) atoms. The van der Waals surface area contributed by atoms with E-state index < -0.39 is 0 Å². The van der Waals surface area contributed by atoms with Gasteiger partial charge in [-0.05, 0) is 31.2 Å². The number of nitrogens with one attached hydrogen (secondary N) is 1. The zero-order valence-corrected chi connectivity index (χ0v) is 13.3. The fourth-order valence-corrected chi connectivity index (χ4v) is 2.77. The van der Waals surface area contributed by atoms with Gasteiger partial charge >= 0.3 is 0 Å². The summed E-state index contributed by atoms with van der Waals surface area (Å²) in [6.07, 6.45) is 1.89. The Morgan fingerprint density at radius 3 is 3.05 bits per heavy atom. The number of hydrogen-bond acceptors (Lipinski definition) is 3. The van der Waals surface area contributed by atoms with E-state index in [-0.39, 0.29) is 18.3 Å². The van der Waals surface area contributed by atoms with Crippen LogP contribution >= 0.6 is 24.0 Å². The Kier molecular flexibility index (Phi) is 5.14.